The summed E-state index contributed by atoms with van der Waals surface area (Å²) < 4.78 is 16.3. The Balaban J connectivity index is 0.000000151. The van der Waals surface area contributed by atoms with Gasteiger partial charge in [-0.05, 0) is 89.5 Å². The van der Waals surface area contributed by atoms with Crippen LogP contribution in [-0.2, 0) is 14.2 Å². The number of fused-ring (bicyclic) bond motifs is 3. The van der Waals surface area contributed by atoms with Gasteiger partial charge in [-0.25, -0.2) is 0 Å². The van der Waals surface area contributed by atoms with E-state index in [1.807, 2.05) is 0 Å². The third-order valence-corrected chi connectivity index (χ3v) is 9.41. The Labute approximate surface area is 264 Å². The number of aliphatic hydroxyl groups is 3. The van der Waals surface area contributed by atoms with Crippen LogP contribution in [0, 0.1) is 17.8 Å². The van der Waals surface area contributed by atoms with Crippen LogP contribution in [0.3, 0.4) is 0 Å². The van der Waals surface area contributed by atoms with Gasteiger partial charge in [0.25, 0.3) is 0 Å². The minimum absolute atomic E-state index is 0.0607. The molecule has 0 radical (unpaired) electrons. The molecule has 242 valence electrons. The summed E-state index contributed by atoms with van der Waals surface area (Å²) in [5.74, 6) is 0.960. The molecule has 9 atom stereocenters. The first-order valence-electron chi connectivity index (χ1n) is 16.1. The maximum Gasteiger partial charge on any atom is 0.0897 e. The average Bonchev–Trinajstić information content (AvgIpc) is 2.88. The van der Waals surface area contributed by atoms with Crippen LogP contribution in [0.5, 0.6) is 0 Å². The van der Waals surface area contributed by atoms with E-state index in [9.17, 15) is 15.3 Å². The predicted octanol–water partition coefficient (Wildman–Crippen LogP) is 6.48. The minimum atomic E-state index is -0.408. The summed E-state index contributed by atoms with van der Waals surface area (Å²) in [6.07, 6.45) is 15.6. The molecule has 3 heterocycles. The average molecular weight is 607 g/mol. The lowest BCUT2D eigenvalue weighted by atomic mass is 9.75. The molecule has 3 saturated carbocycles. The molecule has 0 unspecified atom stereocenters. The van der Waals surface area contributed by atoms with Gasteiger partial charge in [0.15, 0.2) is 0 Å². The lowest BCUT2D eigenvalue weighted by Gasteiger charge is -2.45. The smallest absolute Gasteiger partial charge is 0.0897 e. The van der Waals surface area contributed by atoms with Crippen molar-refractivity contribution in [1.82, 2.24) is 0 Å². The Kier molecular flexibility index (Phi) is 12.0. The highest BCUT2D eigenvalue weighted by atomic mass is 16.5. The normalized spacial score (nSPS) is 37.7. The first-order chi connectivity index (χ1) is 20.8. The van der Waals surface area contributed by atoms with Crippen LogP contribution < -0.4 is 0 Å². The highest BCUT2D eigenvalue weighted by molar-refractivity contribution is 5.41. The summed E-state index contributed by atoms with van der Waals surface area (Å²) in [5, 5.41) is 29.6. The van der Waals surface area contributed by atoms with Crippen LogP contribution in [0.2, 0.25) is 0 Å². The molecule has 3 aliphatic carbocycles. The maximum atomic E-state index is 9.96. The van der Waals surface area contributed by atoms with Crippen molar-refractivity contribution >= 4 is 0 Å². The molecule has 3 aliphatic heterocycles. The highest BCUT2D eigenvalue weighted by Crippen LogP contribution is 2.41. The quantitative estimate of drug-likeness (QED) is 0.341. The summed E-state index contributed by atoms with van der Waals surface area (Å²) in [6, 6.07) is 0. The molecule has 6 fully saturated rings. The molecule has 0 bridgehead atoms. The van der Waals surface area contributed by atoms with E-state index in [1.54, 1.807) is 0 Å². The van der Waals surface area contributed by atoms with Gasteiger partial charge in [-0.3, -0.25) is 0 Å². The zero-order valence-corrected chi connectivity index (χ0v) is 27.6. The van der Waals surface area contributed by atoms with E-state index in [0.29, 0.717) is 25.6 Å². The van der Waals surface area contributed by atoms with Crippen molar-refractivity contribution in [2.24, 2.45) is 17.8 Å². The summed E-state index contributed by atoms with van der Waals surface area (Å²) in [4.78, 5) is 0. The van der Waals surface area contributed by atoms with Crippen molar-refractivity contribution < 1.29 is 29.5 Å². The first kappa shape index (κ1) is 34.6. The fourth-order valence-electron chi connectivity index (χ4n) is 6.29. The number of hydrogen-bond acceptors (Lipinski definition) is 6. The molecular formula is C38H54O6. The molecular weight excluding hydrogens is 552 g/mol. The second-order valence-corrected chi connectivity index (χ2v) is 13.9. The van der Waals surface area contributed by atoms with Gasteiger partial charge in [0.1, 0.15) is 0 Å². The topological polar surface area (TPSA) is 88.4 Å². The maximum absolute atomic E-state index is 9.96. The molecule has 0 aromatic rings. The number of hydrogen-bond donors (Lipinski definition) is 3. The second kappa shape index (κ2) is 15.3. The van der Waals surface area contributed by atoms with E-state index < -0.39 is 6.10 Å². The molecule has 0 aromatic heterocycles. The molecule has 6 nitrogen and oxygen atoms in total. The van der Waals surface area contributed by atoms with Gasteiger partial charge in [0.2, 0.25) is 0 Å². The van der Waals surface area contributed by atoms with Crippen LogP contribution in [-0.4, -0.2) is 71.8 Å². The van der Waals surface area contributed by atoms with Crippen molar-refractivity contribution in [3.63, 3.8) is 0 Å². The van der Waals surface area contributed by atoms with Gasteiger partial charge in [0, 0.05) is 17.8 Å². The number of ether oxygens (including phenoxy) is 3. The highest BCUT2D eigenvalue weighted by Gasteiger charge is 2.45. The van der Waals surface area contributed by atoms with Crippen molar-refractivity contribution in [3.05, 3.63) is 94.2 Å². The summed E-state index contributed by atoms with van der Waals surface area (Å²) in [7, 11) is 0. The van der Waals surface area contributed by atoms with Gasteiger partial charge in [0.05, 0.1) is 56.4 Å². The molecule has 6 aliphatic rings. The molecule has 0 aromatic carbocycles. The molecule has 0 amide bonds. The molecule has 0 spiro atoms. The van der Waals surface area contributed by atoms with E-state index in [-0.39, 0.29) is 42.4 Å². The lowest BCUT2D eigenvalue weighted by molar-refractivity contribution is -0.167. The zero-order valence-electron chi connectivity index (χ0n) is 27.6. The van der Waals surface area contributed by atoms with Crippen molar-refractivity contribution in [2.75, 3.05) is 19.8 Å². The Hall–Kier alpha value is -2.32. The largest absolute Gasteiger partial charge is 0.392 e. The van der Waals surface area contributed by atoms with Crippen molar-refractivity contribution in [3.8, 4) is 0 Å². The number of allylic oxidation sites excluding steroid dienone is 9. The van der Waals surface area contributed by atoms with Gasteiger partial charge < -0.3 is 29.5 Å². The molecule has 3 N–H and O–H groups in total. The van der Waals surface area contributed by atoms with E-state index in [2.05, 4.69) is 91.2 Å². The van der Waals surface area contributed by atoms with E-state index in [1.165, 1.54) is 22.3 Å². The van der Waals surface area contributed by atoms with E-state index in [4.69, 9.17) is 14.2 Å². The summed E-state index contributed by atoms with van der Waals surface area (Å²) in [5.41, 5.74) is 9.30. The van der Waals surface area contributed by atoms with Crippen LogP contribution in [0.15, 0.2) is 94.2 Å². The third kappa shape index (κ3) is 8.48. The van der Waals surface area contributed by atoms with Crippen LogP contribution >= 0.6 is 0 Å². The van der Waals surface area contributed by atoms with Crippen LogP contribution in [0.1, 0.15) is 67.2 Å². The fourth-order valence-corrected chi connectivity index (χ4v) is 6.29. The van der Waals surface area contributed by atoms with Crippen LogP contribution in [0.4, 0.5) is 0 Å². The third-order valence-electron chi connectivity index (χ3n) is 9.41. The van der Waals surface area contributed by atoms with Crippen molar-refractivity contribution in [1.29, 1.82) is 0 Å². The Morgan fingerprint density at radius 3 is 1.57 bits per heavy atom. The summed E-state index contributed by atoms with van der Waals surface area (Å²) in [6.45, 7) is 22.5. The summed E-state index contributed by atoms with van der Waals surface area (Å²) >= 11 is 0. The van der Waals surface area contributed by atoms with Gasteiger partial charge in [-0.1, -0.05) is 71.9 Å². The number of rotatable bonds is 3. The minimum Gasteiger partial charge on any atom is -0.392 e. The predicted molar refractivity (Wildman–Crippen MR) is 177 cm³/mol. The number of aliphatic hydroxyl groups excluding tert-OH is 3. The van der Waals surface area contributed by atoms with Gasteiger partial charge in [-0.15, -0.1) is 0 Å². The SMILES string of the molecule is C=C1/C(=C/C=C(C)C)C[C@@H](O)[C@H]2CO[C@H]12.C=C1/C(=C\C=C(C)C)C[C@H]2OC[C@@H]2[C@@H]1O.CC(C)=C/C=C1\C[C@@H](O)[C@H]2CO[C@@H]2C1. The lowest BCUT2D eigenvalue weighted by Crippen LogP contribution is -2.51. The zero-order chi connectivity index (χ0) is 32.1. The molecule has 3 saturated heterocycles. The molecule has 6 rings (SSSR count). The Morgan fingerprint density at radius 2 is 1.09 bits per heavy atom. The van der Waals surface area contributed by atoms with Crippen molar-refractivity contribution in [2.45, 2.75) is 104 Å². The van der Waals surface area contributed by atoms with Gasteiger partial charge in [-0.2, -0.15) is 0 Å². The van der Waals surface area contributed by atoms with Crippen LogP contribution in [0.25, 0.3) is 0 Å². The fraction of sp³-hybridized carbons (Fsp3) is 0.579. The Morgan fingerprint density at radius 1 is 0.591 bits per heavy atom. The van der Waals surface area contributed by atoms with Gasteiger partial charge >= 0.3 is 0 Å². The monoisotopic (exact) mass is 606 g/mol. The second-order valence-electron chi connectivity index (χ2n) is 13.9. The standard InChI is InChI=1S/2C13H18O2.C12H18O2/c1-8(2)4-5-10-6-12-11(7-15-12)13(14)9(10)3;1-8(2)4-5-10-6-12(14)11-7-15-13(11)9(10)3;1-8(2)3-4-9-5-11(13)10-7-14-12(10)6-9/h2*4-5,11-14H,3,6-7H2,1-2H3;3-4,10-13H,5-7H2,1-2H3/b10-5-;10-5+;9-4+/t11-,12+,13+;11-,12-,13-;10-,11-,12-/m011/s1. The van der Waals surface area contributed by atoms with E-state index in [0.717, 1.165) is 48.2 Å². The first-order valence-corrected chi connectivity index (χ1v) is 16.1. The van der Waals surface area contributed by atoms with E-state index >= 15 is 0 Å². The Bertz CT molecular complexity index is 1180. The molecule has 44 heavy (non-hydrogen) atoms. The molecule has 6 heteroatoms.